The van der Waals surface area contributed by atoms with Gasteiger partial charge in [-0.2, -0.15) is 0 Å². The number of carbonyl (C=O) groups is 1. The molecule has 2 bridgehead atoms. The first-order valence-electron chi connectivity index (χ1n) is 6.30. The Morgan fingerprint density at radius 2 is 2.10 bits per heavy atom. The maximum absolute atomic E-state index is 12.5. The molecule has 0 aliphatic carbocycles. The van der Waals surface area contributed by atoms with Crippen LogP contribution in [0.3, 0.4) is 0 Å². The van der Waals surface area contributed by atoms with E-state index in [0.29, 0.717) is 13.1 Å². The van der Waals surface area contributed by atoms with Gasteiger partial charge in [0.15, 0.2) is 0 Å². The Bertz CT molecular complexity index is 568. The zero-order valence-corrected chi connectivity index (χ0v) is 11.2. The van der Waals surface area contributed by atoms with Crippen molar-refractivity contribution in [1.82, 2.24) is 9.88 Å². The maximum Gasteiger partial charge on any atom is 0.319 e. The van der Waals surface area contributed by atoms with Gasteiger partial charge in [-0.25, -0.2) is 4.98 Å². The van der Waals surface area contributed by atoms with Crippen LogP contribution in [0.25, 0.3) is 0 Å². The molecule has 0 radical (unpaired) electrons. The van der Waals surface area contributed by atoms with E-state index >= 15 is 0 Å². The number of nitro groups is 1. The van der Waals surface area contributed by atoms with Crippen molar-refractivity contribution in [2.24, 2.45) is 0 Å². The van der Waals surface area contributed by atoms with Crippen LogP contribution in [0.5, 0.6) is 0 Å². The Kier molecular flexibility index (Phi) is 3.31. The summed E-state index contributed by atoms with van der Waals surface area (Å²) in [6, 6.07) is 1.34. The quantitative estimate of drug-likeness (QED) is 0.470. The standard InChI is InChI=1S/C12H12ClN3O4/c13-11-10(16(18)19)9(3-4-14-11)12(17)15-5-7-1-2-8(6-15)20-7/h3-4,7-8H,1-2,5-6H2. The minimum Gasteiger partial charge on any atom is -0.371 e. The number of ether oxygens (including phenoxy) is 1. The molecule has 2 fully saturated rings. The molecule has 106 valence electrons. The number of fused-ring (bicyclic) bond motifs is 2. The minimum atomic E-state index is -0.669. The van der Waals surface area contributed by atoms with Gasteiger partial charge in [-0.15, -0.1) is 0 Å². The van der Waals surface area contributed by atoms with E-state index in [1.54, 1.807) is 4.90 Å². The number of carbonyl (C=O) groups excluding carboxylic acids is 1. The van der Waals surface area contributed by atoms with E-state index in [4.69, 9.17) is 16.3 Å². The highest BCUT2D eigenvalue weighted by Gasteiger charge is 2.38. The van der Waals surface area contributed by atoms with Crippen molar-refractivity contribution in [3.8, 4) is 0 Å². The molecule has 2 unspecified atom stereocenters. The van der Waals surface area contributed by atoms with Crippen LogP contribution in [0.1, 0.15) is 23.2 Å². The number of amides is 1. The molecule has 2 saturated heterocycles. The van der Waals surface area contributed by atoms with E-state index in [0.717, 1.165) is 12.8 Å². The summed E-state index contributed by atoms with van der Waals surface area (Å²) in [7, 11) is 0. The second-order valence-corrected chi connectivity index (χ2v) is 5.28. The average Bonchev–Trinajstić information content (AvgIpc) is 2.75. The molecule has 0 aromatic carbocycles. The van der Waals surface area contributed by atoms with Crippen LogP contribution in [0, 0.1) is 10.1 Å². The summed E-state index contributed by atoms with van der Waals surface area (Å²) < 4.78 is 5.65. The van der Waals surface area contributed by atoms with Crippen LogP contribution in [0.2, 0.25) is 5.15 Å². The van der Waals surface area contributed by atoms with Gasteiger partial charge in [-0.05, 0) is 18.9 Å². The fourth-order valence-electron chi connectivity index (χ4n) is 2.73. The number of morpholine rings is 1. The summed E-state index contributed by atoms with van der Waals surface area (Å²) in [5, 5.41) is 10.8. The van der Waals surface area contributed by atoms with E-state index in [1.807, 2.05) is 0 Å². The lowest BCUT2D eigenvalue weighted by atomic mass is 10.2. The van der Waals surface area contributed by atoms with Crippen LogP contribution >= 0.6 is 11.6 Å². The molecule has 1 aromatic heterocycles. The third-order valence-electron chi connectivity index (χ3n) is 3.62. The predicted octanol–water partition coefficient (Wildman–Crippen LogP) is 1.65. The van der Waals surface area contributed by atoms with Gasteiger partial charge < -0.3 is 9.64 Å². The van der Waals surface area contributed by atoms with E-state index < -0.39 is 10.6 Å². The summed E-state index contributed by atoms with van der Waals surface area (Å²) >= 11 is 5.73. The molecule has 0 spiro atoms. The van der Waals surface area contributed by atoms with Crippen molar-refractivity contribution in [3.05, 3.63) is 33.1 Å². The minimum absolute atomic E-state index is 0.0173. The number of aromatic nitrogens is 1. The highest BCUT2D eigenvalue weighted by Crippen LogP contribution is 2.30. The molecule has 1 amide bonds. The number of pyridine rings is 1. The fourth-order valence-corrected chi connectivity index (χ4v) is 2.95. The number of hydrogen-bond acceptors (Lipinski definition) is 5. The normalized spacial score (nSPS) is 24.8. The fraction of sp³-hybridized carbons (Fsp3) is 0.500. The Morgan fingerprint density at radius 1 is 1.45 bits per heavy atom. The first-order valence-corrected chi connectivity index (χ1v) is 6.67. The SMILES string of the molecule is O=C(c1ccnc(Cl)c1[N+](=O)[O-])N1CC2CCC(C1)O2. The Hall–Kier alpha value is -1.73. The summed E-state index contributed by atoms with van der Waals surface area (Å²) in [5.74, 6) is -0.388. The van der Waals surface area contributed by atoms with E-state index in [-0.39, 0.29) is 28.8 Å². The molecule has 0 N–H and O–H groups in total. The topological polar surface area (TPSA) is 85.6 Å². The highest BCUT2D eigenvalue weighted by molar-refractivity contribution is 6.32. The summed E-state index contributed by atoms with van der Waals surface area (Å²) in [5.41, 5.74) is -0.450. The first-order chi connectivity index (χ1) is 9.56. The average molecular weight is 298 g/mol. The second kappa shape index (κ2) is 4.99. The van der Waals surface area contributed by atoms with Gasteiger partial charge in [0.2, 0.25) is 5.15 Å². The van der Waals surface area contributed by atoms with Gasteiger partial charge in [0.05, 0.1) is 17.1 Å². The Balaban J connectivity index is 1.91. The molecule has 0 saturated carbocycles. The summed E-state index contributed by atoms with van der Waals surface area (Å²) in [6.45, 7) is 0.929. The van der Waals surface area contributed by atoms with Crippen LogP contribution < -0.4 is 0 Å². The molecule has 3 rings (SSSR count). The molecule has 1 aromatic rings. The molecule has 8 heteroatoms. The molecular weight excluding hydrogens is 286 g/mol. The molecule has 20 heavy (non-hydrogen) atoms. The third kappa shape index (κ3) is 2.23. The van der Waals surface area contributed by atoms with Gasteiger partial charge in [0.1, 0.15) is 5.56 Å². The number of rotatable bonds is 2. The van der Waals surface area contributed by atoms with E-state index in [2.05, 4.69) is 4.98 Å². The summed E-state index contributed by atoms with van der Waals surface area (Å²) in [4.78, 5) is 28.1. The molecule has 2 aliphatic heterocycles. The van der Waals surface area contributed by atoms with Crippen LogP contribution in [0.4, 0.5) is 5.69 Å². The van der Waals surface area contributed by atoms with Crippen molar-refractivity contribution in [1.29, 1.82) is 0 Å². The first kappa shape index (κ1) is 13.3. The van der Waals surface area contributed by atoms with Crippen LogP contribution in [-0.4, -0.2) is 46.0 Å². The van der Waals surface area contributed by atoms with Gasteiger partial charge in [-0.3, -0.25) is 14.9 Å². The van der Waals surface area contributed by atoms with Crippen molar-refractivity contribution in [2.45, 2.75) is 25.0 Å². The predicted molar refractivity (Wildman–Crippen MR) is 69.7 cm³/mol. The molecule has 2 atom stereocenters. The van der Waals surface area contributed by atoms with Crippen molar-refractivity contribution in [3.63, 3.8) is 0 Å². The molecule has 2 aliphatic rings. The van der Waals surface area contributed by atoms with Crippen molar-refractivity contribution in [2.75, 3.05) is 13.1 Å². The highest BCUT2D eigenvalue weighted by atomic mass is 35.5. The zero-order chi connectivity index (χ0) is 14.3. The molecular formula is C12H12ClN3O4. The van der Waals surface area contributed by atoms with Gasteiger partial charge >= 0.3 is 5.69 Å². The Labute approximate surface area is 119 Å². The zero-order valence-electron chi connectivity index (χ0n) is 10.5. The van der Waals surface area contributed by atoms with Gasteiger partial charge in [0, 0.05) is 19.3 Å². The van der Waals surface area contributed by atoms with Gasteiger partial charge in [0.25, 0.3) is 5.91 Å². The van der Waals surface area contributed by atoms with Gasteiger partial charge in [-0.1, -0.05) is 11.6 Å². The smallest absolute Gasteiger partial charge is 0.319 e. The van der Waals surface area contributed by atoms with Crippen molar-refractivity contribution < 1.29 is 14.5 Å². The van der Waals surface area contributed by atoms with Crippen molar-refractivity contribution >= 4 is 23.2 Å². The lowest BCUT2D eigenvalue weighted by Gasteiger charge is -2.32. The largest absolute Gasteiger partial charge is 0.371 e. The lowest BCUT2D eigenvalue weighted by Crippen LogP contribution is -2.46. The monoisotopic (exact) mass is 297 g/mol. The number of nitrogens with zero attached hydrogens (tertiary/aromatic N) is 3. The third-order valence-corrected chi connectivity index (χ3v) is 3.90. The molecule has 7 nitrogen and oxygen atoms in total. The second-order valence-electron chi connectivity index (χ2n) is 4.92. The van der Waals surface area contributed by atoms with E-state index in [1.165, 1.54) is 12.3 Å². The van der Waals surface area contributed by atoms with Crippen LogP contribution in [-0.2, 0) is 4.74 Å². The van der Waals surface area contributed by atoms with E-state index in [9.17, 15) is 14.9 Å². The summed E-state index contributed by atoms with van der Waals surface area (Å²) in [6.07, 6.45) is 3.22. The lowest BCUT2D eigenvalue weighted by molar-refractivity contribution is -0.385. The number of hydrogen-bond donors (Lipinski definition) is 0. The van der Waals surface area contributed by atoms with Crippen LogP contribution in [0.15, 0.2) is 12.3 Å². The molecule has 3 heterocycles. The number of halogens is 1. The maximum atomic E-state index is 12.5. The Morgan fingerprint density at radius 3 is 2.70 bits per heavy atom. The number of likely N-dealkylation sites (tertiary alicyclic amines) is 1.